The quantitative estimate of drug-likeness (QED) is 0.351. The van der Waals surface area contributed by atoms with Crippen LogP contribution in [0.1, 0.15) is 22.8 Å². The molecule has 0 aliphatic heterocycles. The van der Waals surface area contributed by atoms with E-state index in [1.54, 1.807) is 0 Å². The van der Waals surface area contributed by atoms with Crippen molar-refractivity contribution in [2.24, 2.45) is 0 Å². The van der Waals surface area contributed by atoms with Crippen molar-refractivity contribution in [3.05, 3.63) is 39.2 Å². The summed E-state index contributed by atoms with van der Waals surface area (Å²) in [5.74, 6) is -2.70. The molecule has 0 aliphatic carbocycles. The molecular formula is C9H5F4NO3. The molecular weight excluding hydrogens is 246 g/mol. The van der Waals surface area contributed by atoms with Gasteiger partial charge in [0.15, 0.2) is 5.78 Å². The Morgan fingerprint density at radius 3 is 2.24 bits per heavy atom. The van der Waals surface area contributed by atoms with E-state index in [-0.39, 0.29) is 0 Å². The van der Waals surface area contributed by atoms with Gasteiger partial charge in [0.05, 0.1) is 10.5 Å². The molecule has 0 bridgehead atoms. The van der Waals surface area contributed by atoms with E-state index in [4.69, 9.17) is 0 Å². The fourth-order valence-electron chi connectivity index (χ4n) is 1.34. The Morgan fingerprint density at radius 1 is 1.35 bits per heavy atom. The van der Waals surface area contributed by atoms with Crippen molar-refractivity contribution in [1.29, 1.82) is 0 Å². The number of nitro benzene ring substituents is 1. The average Bonchev–Trinajstić information content (AvgIpc) is 2.14. The van der Waals surface area contributed by atoms with Gasteiger partial charge >= 0.3 is 11.9 Å². The number of Topliss-reactive ketones (excluding diaryl/α,β-unsaturated/α-hetero) is 1. The molecule has 0 spiro atoms. The molecule has 0 atom stereocenters. The third kappa shape index (κ3) is 2.40. The number of ketones is 1. The second-order valence-corrected chi connectivity index (χ2v) is 3.13. The minimum atomic E-state index is -4.96. The van der Waals surface area contributed by atoms with Crippen molar-refractivity contribution in [1.82, 2.24) is 0 Å². The van der Waals surface area contributed by atoms with E-state index in [9.17, 15) is 32.5 Å². The summed E-state index contributed by atoms with van der Waals surface area (Å²) in [5, 5.41) is 10.5. The Morgan fingerprint density at radius 2 is 1.88 bits per heavy atom. The van der Waals surface area contributed by atoms with Gasteiger partial charge < -0.3 is 0 Å². The summed E-state index contributed by atoms with van der Waals surface area (Å²) in [4.78, 5) is 20.1. The van der Waals surface area contributed by atoms with E-state index in [2.05, 4.69) is 0 Å². The highest BCUT2D eigenvalue weighted by Crippen LogP contribution is 2.37. The zero-order chi connectivity index (χ0) is 13.4. The molecule has 0 N–H and O–H groups in total. The lowest BCUT2D eigenvalue weighted by Gasteiger charge is -2.11. The van der Waals surface area contributed by atoms with E-state index < -0.39 is 39.5 Å². The normalized spacial score (nSPS) is 11.4. The van der Waals surface area contributed by atoms with Crippen molar-refractivity contribution in [2.75, 3.05) is 0 Å². The van der Waals surface area contributed by atoms with Crippen LogP contribution in [0, 0.1) is 15.9 Å². The van der Waals surface area contributed by atoms with E-state index in [0.717, 1.165) is 0 Å². The summed E-state index contributed by atoms with van der Waals surface area (Å²) >= 11 is 0. The largest absolute Gasteiger partial charge is 0.417 e. The lowest BCUT2D eigenvalue weighted by Crippen LogP contribution is -2.15. The number of alkyl halides is 3. The molecule has 0 heterocycles. The Balaban J connectivity index is 3.72. The fourth-order valence-corrected chi connectivity index (χ4v) is 1.34. The van der Waals surface area contributed by atoms with Crippen LogP contribution in [0.5, 0.6) is 0 Å². The van der Waals surface area contributed by atoms with Gasteiger partial charge in [0.25, 0.3) is 0 Å². The van der Waals surface area contributed by atoms with Crippen LogP contribution in [0.25, 0.3) is 0 Å². The maximum atomic E-state index is 13.1. The second-order valence-electron chi connectivity index (χ2n) is 3.13. The second kappa shape index (κ2) is 4.11. The number of carbonyl (C=O) groups excluding carboxylic acids is 1. The van der Waals surface area contributed by atoms with E-state index >= 15 is 0 Å². The topological polar surface area (TPSA) is 60.2 Å². The van der Waals surface area contributed by atoms with Gasteiger partial charge in [-0.15, -0.1) is 0 Å². The molecule has 0 aliphatic rings. The fraction of sp³-hybridized carbons (Fsp3) is 0.222. The van der Waals surface area contributed by atoms with Crippen molar-refractivity contribution in [2.45, 2.75) is 13.1 Å². The van der Waals surface area contributed by atoms with Crippen LogP contribution >= 0.6 is 0 Å². The van der Waals surface area contributed by atoms with Gasteiger partial charge in [-0.25, -0.2) is 0 Å². The summed E-state index contributed by atoms with van der Waals surface area (Å²) in [6.45, 7) is 0.705. The first-order chi connectivity index (χ1) is 7.66. The molecule has 0 saturated heterocycles. The molecule has 1 rings (SSSR count). The number of halogens is 4. The zero-order valence-corrected chi connectivity index (χ0v) is 8.34. The number of nitro groups is 1. The smallest absolute Gasteiger partial charge is 0.294 e. The van der Waals surface area contributed by atoms with Gasteiger partial charge in [-0.05, 0) is 19.1 Å². The third-order valence-corrected chi connectivity index (χ3v) is 1.97. The highest BCUT2D eigenvalue weighted by molar-refractivity contribution is 5.99. The van der Waals surface area contributed by atoms with Crippen molar-refractivity contribution in [3.63, 3.8) is 0 Å². The minimum Gasteiger partial charge on any atom is -0.294 e. The minimum absolute atomic E-state index is 0.305. The van der Waals surface area contributed by atoms with Crippen LogP contribution in [0.2, 0.25) is 0 Å². The number of nitrogens with zero attached hydrogens (tertiary/aromatic N) is 1. The molecule has 0 radical (unpaired) electrons. The maximum Gasteiger partial charge on any atom is 0.417 e. The predicted molar refractivity (Wildman–Crippen MR) is 48.1 cm³/mol. The molecule has 0 fully saturated rings. The molecule has 0 aromatic heterocycles. The molecule has 4 nitrogen and oxygen atoms in total. The summed E-state index contributed by atoms with van der Waals surface area (Å²) in [6, 6.07) is 0.618. The number of rotatable bonds is 2. The predicted octanol–water partition coefficient (Wildman–Crippen LogP) is 2.96. The molecule has 8 heteroatoms. The van der Waals surface area contributed by atoms with Crippen molar-refractivity contribution in [3.8, 4) is 0 Å². The lowest BCUT2D eigenvalue weighted by molar-refractivity contribution is -0.388. The van der Waals surface area contributed by atoms with Gasteiger partial charge in [-0.2, -0.15) is 17.6 Å². The maximum absolute atomic E-state index is 13.1. The van der Waals surface area contributed by atoms with Crippen LogP contribution in [-0.2, 0) is 6.18 Å². The molecule has 92 valence electrons. The van der Waals surface area contributed by atoms with Crippen LogP contribution in [-0.4, -0.2) is 10.7 Å². The lowest BCUT2D eigenvalue weighted by atomic mass is 10.0. The Hall–Kier alpha value is -1.99. The summed E-state index contributed by atoms with van der Waals surface area (Å²) in [5.41, 5.74) is -4.23. The molecule has 0 saturated carbocycles. The van der Waals surface area contributed by atoms with Gasteiger partial charge in [-0.1, -0.05) is 0 Å². The summed E-state index contributed by atoms with van der Waals surface area (Å²) < 4.78 is 50.5. The summed E-state index contributed by atoms with van der Waals surface area (Å²) in [7, 11) is 0. The van der Waals surface area contributed by atoms with Gasteiger partial charge in [0, 0.05) is 0 Å². The number of carbonyl (C=O) groups is 1. The highest BCUT2D eigenvalue weighted by atomic mass is 19.4. The number of hydrogen-bond acceptors (Lipinski definition) is 3. The van der Waals surface area contributed by atoms with Gasteiger partial charge in [0.2, 0.25) is 5.82 Å². The van der Waals surface area contributed by atoms with E-state index in [0.29, 0.717) is 19.1 Å². The molecule has 0 amide bonds. The molecule has 17 heavy (non-hydrogen) atoms. The van der Waals surface area contributed by atoms with Crippen molar-refractivity contribution < 1.29 is 27.3 Å². The Labute approximate surface area is 92.0 Å². The highest BCUT2D eigenvalue weighted by Gasteiger charge is 2.39. The number of benzene rings is 1. The first-order valence-corrected chi connectivity index (χ1v) is 4.21. The van der Waals surface area contributed by atoms with E-state index in [1.807, 2.05) is 0 Å². The first kappa shape index (κ1) is 13.1. The van der Waals surface area contributed by atoms with Crippen LogP contribution in [0.3, 0.4) is 0 Å². The average molecular weight is 251 g/mol. The monoisotopic (exact) mass is 251 g/mol. The zero-order valence-electron chi connectivity index (χ0n) is 8.34. The molecule has 1 aromatic carbocycles. The number of hydrogen-bond donors (Lipinski definition) is 0. The Kier molecular flexibility index (Phi) is 3.16. The standard InChI is InChI=1S/C9H5F4NO3/c1-4(15)7-5(9(11,12)13)2-3-6(10)8(7)14(16)17/h2-3H,1H3. The third-order valence-electron chi connectivity index (χ3n) is 1.97. The van der Waals surface area contributed by atoms with E-state index in [1.165, 1.54) is 0 Å². The SMILES string of the molecule is CC(=O)c1c(C(F)(F)F)ccc(F)c1[N+](=O)[O-]. The Bertz CT molecular complexity index is 496. The van der Waals surface area contributed by atoms with Crippen LogP contribution in [0.4, 0.5) is 23.2 Å². The molecule has 0 unspecified atom stereocenters. The van der Waals surface area contributed by atoms with Crippen LogP contribution in [0.15, 0.2) is 12.1 Å². The van der Waals surface area contributed by atoms with Crippen molar-refractivity contribution >= 4 is 11.5 Å². The summed E-state index contributed by atoms with van der Waals surface area (Å²) in [6.07, 6.45) is -4.96. The van der Waals surface area contributed by atoms with Crippen LogP contribution < -0.4 is 0 Å². The van der Waals surface area contributed by atoms with Gasteiger partial charge in [0.1, 0.15) is 5.56 Å². The first-order valence-electron chi connectivity index (χ1n) is 4.21. The molecule has 1 aromatic rings. The van der Waals surface area contributed by atoms with Gasteiger partial charge in [-0.3, -0.25) is 14.9 Å².